The minimum absolute atomic E-state index is 0.132. The molecule has 1 atom stereocenters. The van der Waals surface area contributed by atoms with Crippen LogP contribution >= 0.6 is 23.2 Å². The van der Waals surface area contributed by atoms with Gasteiger partial charge >= 0.3 is 5.97 Å². The number of anilines is 1. The molecule has 3 aromatic carbocycles. The first kappa shape index (κ1) is 40.0. The number of ether oxygens (including phenoxy) is 1. The van der Waals surface area contributed by atoms with Crippen molar-refractivity contribution in [2.45, 2.75) is 60.0 Å². The van der Waals surface area contributed by atoms with Gasteiger partial charge < -0.3 is 28.8 Å². The lowest BCUT2D eigenvalue weighted by Gasteiger charge is -2.35. The summed E-state index contributed by atoms with van der Waals surface area (Å²) in [5.74, 6) is -0.364. The van der Waals surface area contributed by atoms with Gasteiger partial charge in [0.1, 0.15) is 11.4 Å². The Bertz CT molecular complexity index is 2610. The zero-order valence-electron chi connectivity index (χ0n) is 34.5. The molecule has 13 heteroatoms. The topological polar surface area (TPSA) is 101 Å². The van der Waals surface area contributed by atoms with E-state index in [9.17, 15) is 9.90 Å². The number of hydrogen-bond donors (Lipinski definition) is 1. The van der Waals surface area contributed by atoms with Crippen molar-refractivity contribution in [2.24, 2.45) is 14.1 Å². The molecule has 0 saturated carbocycles. The van der Waals surface area contributed by atoms with Crippen LogP contribution in [0.1, 0.15) is 73.9 Å². The van der Waals surface area contributed by atoms with Gasteiger partial charge in [0.15, 0.2) is 0 Å². The number of rotatable bonds is 10. The van der Waals surface area contributed by atoms with Crippen LogP contribution < -0.4 is 9.64 Å². The number of carbonyl (C=O) groups is 2. The van der Waals surface area contributed by atoms with E-state index in [1.54, 1.807) is 6.20 Å². The highest BCUT2D eigenvalue weighted by molar-refractivity contribution is 6.35. The maximum Gasteiger partial charge on any atom is 0.337 e. The third kappa shape index (κ3) is 6.85. The summed E-state index contributed by atoms with van der Waals surface area (Å²) in [4.78, 5) is 34.7. The standard InChI is InChI=1S/C45H51Cl2N7O4/c1-25-18-31(19-26(2)40(25)47)58-17-9-10-32-33-11-12-36(46)39(38-28(4)48-51(8)29(38)5)42(33)54-27(3)22-53(44(55)43(32)54)37-21-30(23-52-15-13-49(6)14-16-52)20-34-35(45(56)57)24-50(7)41(34)37/h11-12,18-21,24,27H,9-10,13-17,22-23H2,1-8H3,(H,56,57)/t27-/m1/s1. The molecule has 58 heavy (non-hydrogen) atoms. The van der Waals surface area contributed by atoms with Gasteiger partial charge in [0, 0.05) is 98.2 Å². The molecule has 3 aromatic heterocycles. The van der Waals surface area contributed by atoms with Crippen LogP contribution in [0.25, 0.3) is 32.9 Å². The molecule has 1 amide bonds. The summed E-state index contributed by atoms with van der Waals surface area (Å²) in [7, 11) is 5.92. The Morgan fingerprint density at radius 1 is 0.931 bits per heavy atom. The van der Waals surface area contributed by atoms with E-state index in [4.69, 9.17) is 33.0 Å². The number of carbonyl (C=O) groups excluding carboxylic acids is 1. The summed E-state index contributed by atoms with van der Waals surface area (Å²) >= 11 is 13.6. The molecule has 0 bridgehead atoms. The van der Waals surface area contributed by atoms with Crippen LogP contribution in [0.5, 0.6) is 5.75 Å². The average molecular weight is 825 g/mol. The SMILES string of the molecule is Cc1cc(OCCCc2c3n(c4c(-c5c(C)nn(C)c5C)c(Cl)ccc24)[C@H](C)CN(c2cc(CN4CCN(C)CC4)cc4c(C(=O)O)cn(C)c24)C3=O)cc(C)c1Cl. The third-order valence-corrected chi connectivity index (χ3v) is 13.1. The lowest BCUT2D eigenvalue weighted by atomic mass is 9.98. The van der Waals surface area contributed by atoms with E-state index in [1.807, 2.05) is 86.3 Å². The molecular weight excluding hydrogens is 773 g/mol. The Balaban J connectivity index is 1.27. The molecule has 1 fully saturated rings. The second-order valence-corrected chi connectivity index (χ2v) is 17.1. The Labute approximate surface area is 349 Å². The van der Waals surface area contributed by atoms with Gasteiger partial charge in [-0.3, -0.25) is 14.4 Å². The number of benzene rings is 3. The molecule has 0 spiro atoms. The summed E-state index contributed by atoms with van der Waals surface area (Å²) in [5, 5.41) is 18.0. The molecular formula is C45H51Cl2N7O4. The zero-order chi connectivity index (χ0) is 41.3. The van der Waals surface area contributed by atoms with Crippen LogP contribution in [0.15, 0.2) is 42.6 Å². The van der Waals surface area contributed by atoms with Gasteiger partial charge in [-0.15, -0.1) is 0 Å². The quantitative estimate of drug-likeness (QED) is 0.138. The number of hydrogen-bond acceptors (Lipinski definition) is 6. The van der Waals surface area contributed by atoms with Gasteiger partial charge in [-0.1, -0.05) is 29.3 Å². The number of halogens is 2. The first-order valence-electron chi connectivity index (χ1n) is 20.0. The highest BCUT2D eigenvalue weighted by Gasteiger charge is 2.38. The molecule has 8 rings (SSSR count). The predicted octanol–water partition coefficient (Wildman–Crippen LogP) is 8.75. The van der Waals surface area contributed by atoms with E-state index < -0.39 is 5.97 Å². The lowest BCUT2D eigenvalue weighted by Crippen LogP contribution is -2.44. The number of carboxylic acids is 1. The Hall–Kier alpha value is -4.81. The lowest BCUT2D eigenvalue weighted by molar-refractivity contribution is 0.0698. The number of nitrogens with zero attached hydrogens (tertiary/aromatic N) is 7. The number of amides is 1. The minimum atomic E-state index is -0.995. The van der Waals surface area contributed by atoms with Crippen molar-refractivity contribution in [3.63, 3.8) is 0 Å². The van der Waals surface area contributed by atoms with Gasteiger partial charge in [-0.2, -0.15) is 5.10 Å². The minimum Gasteiger partial charge on any atom is -0.494 e. The fraction of sp³-hybridized carbons (Fsp3) is 0.400. The van der Waals surface area contributed by atoms with Crippen LogP contribution in [-0.4, -0.2) is 92.1 Å². The summed E-state index contributed by atoms with van der Waals surface area (Å²) in [6.45, 7) is 15.4. The molecule has 6 aromatic rings. The van der Waals surface area contributed by atoms with Gasteiger partial charge in [0.05, 0.1) is 39.6 Å². The van der Waals surface area contributed by atoms with E-state index in [0.29, 0.717) is 54.3 Å². The maximum absolute atomic E-state index is 15.5. The highest BCUT2D eigenvalue weighted by atomic mass is 35.5. The van der Waals surface area contributed by atoms with Gasteiger partial charge in [0.2, 0.25) is 0 Å². The van der Waals surface area contributed by atoms with E-state index in [-0.39, 0.29) is 17.5 Å². The van der Waals surface area contributed by atoms with Crippen molar-refractivity contribution in [3.05, 3.63) is 97.5 Å². The molecule has 11 nitrogen and oxygen atoms in total. The van der Waals surface area contributed by atoms with E-state index in [0.717, 1.165) is 98.1 Å². The second kappa shape index (κ2) is 15.4. The van der Waals surface area contributed by atoms with Crippen LogP contribution in [0, 0.1) is 27.7 Å². The summed E-state index contributed by atoms with van der Waals surface area (Å²) in [6, 6.07) is 11.8. The van der Waals surface area contributed by atoms with Crippen molar-refractivity contribution >= 4 is 62.6 Å². The predicted molar refractivity (Wildman–Crippen MR) is 232 cm³/mol. The molecule has 1 N–H and O–H groups in total. The molecule has 1 saturated heterocycles. The maximum atomic E-state index is 15.5. The summed E-state index contributed by atoms with van der Waals surface area (Å²) in [6.07, 6.45) is 2.89. The first-order chi connectivity index (χ1) is 27.6. The Morgan fingerprint density at radius 3 is 2.29 bits per heavy atom. The van der Waals surface area contributed by atoms with Crippen LogP contribution in [-0.2, 0) is 27.1 Å². The fourth-order valence-electron chi connectivity index (χ4n) is 9.25. The van der Waals surface area contributed by atoms with Gasteiger partial charge in [-0.25, -0.2) is 4.79 Å². The summed E-state index contributed by atoms with van der Waals surface area (Å²) in [5.41, 5.74) is 10.7. The Kier molecular flexibility index (Phi) is 10.6. The molecule has 304 valence electrons. The van der Waals surface area contributed by atoms with Crippen LogP contribution in [0.2, 0.25) is 10.0 Å². The number of fused-ring (bicyclic) bond motifs is 4. The highest BCUT2D eigenvalue weighted by Crippen LogP contribution is 2.46. The van der Waals surface area contributed by atoms with Gasteiger partial charge in [-0.05, 0) is 107 Å². The molecule has 5 heterocycles. The fourth-order valence-corrected chi connectivity index (χ4v) is 9.61. The largest absolute Gasteiger partial charge is 0.494 e. The number of carboxylic acid groups (broad SMARTS) is 1. The zero-order valence-corrected chi connectivity index (χ0v) is 36.1. The molecule has 2 aliphatic rings. The molecule has 0 aliphatic carbocycles. The van der Waals surface area contributed by atoms with E-state index in [1.165, 1.54) is 0 Å². The van der Waals surface area contributed by atoms with Crippen molar-refractivity contribution < 1.29 is 19.4 Å². The van der Waals surface area contributed by atoms with Crippen LogP contribution in [0.4, 0.5) is 5.69 Å². The van der Waals surface area contributed by atoms with Crippen molar-refractivity contribution in [3.8, 4) is 16.9 Å². The third-order valence-electron chi connectivity index (χ3n) is 12.2. The second-order valence-electron chi connectivity index (χ2n) is 16.3. The van der Waals surface area contributed by atoms with Crippen molar-refractivity contribution in [1.29, 1.82) is 0 Å². The normalized spacial score (nSPS) is 16.6. The van der Waals surface area contributed by atoms with Crippen molar-refractivity contribution in [1.82, 2.24) is 28.7 Å². The van der Waals surface area contributed by atoms with Gasteiger partial charge in [0.25, 0.3) is 5.91 Å². The monoisotopic (exact) mass is 823 g/mol. The number of piperazine rings is 1. The number of aromatic carboxylic acids is 1. The molecule has 0 unspecified atom stereocenters. The van der Waals surface area contributed by atoms with Crippen molar-refractivity contribution in [2.75, 3.05) is 51.3 Å². The number of likely N-dealkylation sites (N-methyl/N-ethyl adjacent to an activating group) is 1. The van der Waals surface area contributed by atoms with E-state index >= 15 is 4.79 Å². The summed E-state index contributed by atoms with van der Waals surface area (Å²) < 4.78 is 12.2. The molecule has 2 aliphatic heterocycles. The first-order valence-corrected chi connectivity index (χ1v) is 20.7. The average Bonchev–Trinajstić information content (AvgIpc) is 3.78. The van der Waals surface area contributed by atoms with E-state index in [2.05, 4.69) is 34.4 Å². The number of aromatic nitrogens is 4. The smallest absolute Gasteiger partial charge is 0.337 e. The van der Waals surface area contributed by atoms with Crippen LogP contribution in [0.3, 0.4) is 0 Å². The molecule has 0 radical (unpaired) electrons. The Morgan fingerprint density at radius 2 is 1.64 bits per heavy atom. The number of aryl methyl sites for hydroxylation is 6.